The van der Waals surface area contributed by atoms with Crippen molar-refractivity contribution in [1.82, 2.24) is 0 Å². The van der Waals surface area contributed by atoms with Crippen LogP contribution < -0.4 is 0 Å². The average Bonchev–Trinajstić information content (AvgIpc) is 2.23. The topological polar surface area (TPSA) is 40.5 Å². The number of phenolic OH excluding ortho intramolecular Hbond substituents is 1. The first-order chi connectivity index (χ1) is 7.14. The smallest absolute Gasteiger partial charge is 0.187 e. The Bertz CT molecular complexity index is 425. The number of alkyl halides is 1. The molecule has 0 radical (unpaired) electrons. The van der Waals surface area contributed by atoms with Gasteiger partial charge in [0.2, 0.25) is 0 Å². The molecule has 0 heterocycles. The van der Waals surface area contributed by atoms with Crippen LogP contribution in [0.25, 0.3) is 0 Å². The number of hydrogen-bond acceptors (Lipinski definition) is 2. The van der Waals surface area contributed by atoms with Gasteiger partial charge in [0.25, 0.3) is 0 Å². The van der Waals surface area contributed by atoms with Crippen molar-refractivity contribution in [3.8, 4) is 5.75 Å². The zero-order valence-corrected chi connectivity index (χ0v) is 7.97. The van der Waals surface area contributed by atoms with Gasteiger partial charge in [-0.05, 0) is 12.1 Å². The molecule has 15 heavy (non-hydrogen) atoms. The number of para-hydroxylation sites is 1. The Labute approximate surface area is 87.0 Å². The third-order valence-corrected chi connectivity index (χ3v) is 2.49. The van der Waals surface area contributed by atoms with Gasteiger partial charge in [-0.2, -0.15) is 0 Å². The largest absolute Gasteiger partial charge is 0.508 e. The number of aliphatic hydroxyl groups excluding tert-OH is 1. The van der Waals surface area contributed by atoms with Crippen LogP contribution in [0, 0.1) is 0 Å². The first-order valence-corrected chi connectivity index (χ1v) is 4.66. The summed E-state index contributed by atoms with van der Waals surface area (Å²) in [6, 6.07) is 6.09. The first kappa shape index (κ1) is 9.93. The van der Waals surface area contributed by atoms with E-state index in [4.69, 9.17) is 0 Å². The summed E-state index contributed by atoms with van der Waals surface area (Å²) in [5, 5.41) is 19.1. The van der Waals surface area contributed by atoms with E-state index in [0.717, 1.165) is 0 Å². The molecule has 1 aliphatic rings. The lowest BCUT2D eigenvalue weighted by Crippen LogP contribution is -2.33. The van der Waals surface area contributed by atoms with Crippen molar-refractivity contribution in [2.24, 2.45) is 0 Å². The van der Waals surface area contributed by atoms with Crippen LogP contribution in [0.2, 0.25) is 0 Å². The fourth-order valence-electron chi connectivity index (χ4n) is 1.65. The molecule has 1 aliphatic carbocycles. The van der Waals surface area contributed by atoms with Gasteiger partial charge >= 0.3 is 0 Å². The summed E-state index contributed by atoms with van der Waals surface area (Å²) in [6.07, 6.45) is 4.41. The van der Waals surface area contributed by atoms with Gasteiger partial charge in [-0.15, -0.1) is 0 Å². The molecule has 1 aromatic rings. The van der Waals surface area contributed by atoms with Crippen LogP contribution in [-0.2, 0) is 5.67 Å². The van der Waals surface area contributed by atoms with E-state index in [9.17, 15) is 14.6 Å². The van der Waals surface area contributed by atoms with Gasteiger partial charge in [0, 0.05) is 5.56 Å². The Kier molecular flexibility index (Phi) is 2.32. The second-order valence-electron chi connectivity index (χ2n) is 3.47. The van der Waals surface area contributed by atoms with Crippen molar-refractivity contribution < 1.29 is 14.6 Å². The van der Waals surface area contributed by atoms with Crippen molar-refractivity contribution in [1.29, 1.82) is 0 Å². The summed E-state index contributed by atoms with van der Waals surface area (Å²) in [7, 11) is 0. The maximum Gasteiger partial charge on any atom is 0.187 e. The van der Waals surface area contributed by atoms with Crippen molar-refractivity contribution >= 4 is 0 Å². The summed E-state index contributed by atoms with van der Waals surface area (Å²) < 4.78 is 14.4. The lowest BCUT2D eigenvalue weighted by Gasteiger charge is -2.28. The highest BCUT2D eigenvalue weighted by molar-refractivity contribution is 5.43. The number of halogens is 1. The Morgan fingerprint density at radius 3 is 2.60 bits per heavy atom. The Hall–Kier alpha value is -1.61. The fourth-order valence-corrected chi connectivity index (χ4v) is 1.65. The molecule has 0 saturated heterocycles. The van der Waals surface area contributed by atoms with Gasteiger partial charge in [-0.3, -0.25) is 0 Å². The molecule has 2 rings (SSSR count). The minimum Gasteiger partial charge on any atom is -0.508 e. The predicted octanol–water partition coefficient (Wildman–Crippen LogP) is 2.04. The number of rotatable bonds is 1. The van der Waals surface area contributed by atoms with Crippen molar-refractivity contribution in [2.45, 2.75) is 11.8 Å². The van der Waals surface area contributed by atoms with Crippen LogP contribution in [0.15, 0.2) is 48.6 Å². The van der Waals surface area contributed by atoms with E-state index in [1.54, 1.807) is 18.2 Å². The standard InChI is InChI=1S/C12H11FO2/c13-12(8-4-3-7-11(12)15)9-5-1-2-6-10(9)14/h1-8,11,14-15H. The number of aliphatic hydroxyl groups is 1. The molecule has 0 aromatic heterocycles. The molecule has 0 amide bonds. The molecule has 78 valence electrons. The highest BCUT2D eigenvalue weighted by atomic mass is 19.1. The van der Waals surface area contributed by atoms with E-state index in [-0.39, 0.29) is 11.3 Å². The Morgan fingerprint density at radius 1 is 1.20 bits per heavy atom. The van der Waals surface area contributed by atoms with Gasteiger partial charge in [0.05, 0.1) is 0 Å². The van der Waals surface area contributed by atoms with Gasteiger partial charge in [-0.1, -0.05) is 36.4 Å². The van der Waals surface area contributed by atoms with Crippen LogP contribution in [0.5, 0.6) is 5.75 Å². The molecule has 2 N–H and O–H groups in total. The van der Waals surface area contributed by atoms with Crippen LogP contribution in [-0.4, -0.2) is 16.3 Å². The minimum absolute atomic E-state index is 0.0816. The van der Waals surface area contributed by atoms with Crippen molar-refractivity contribution in [3.63, 3.8) is 0 Å². The lowest BCUT2D eigenvalue weighted by atomic mass is 9.86. The number of phenols is 1. The second-order valence-corrected chi connectivity index (χ2v) is 3.47. The normalized spacial score (nSPS) is 29.3. The van der Waals surface area contributed by atoms with Crippen LogP contribution >= 0.6 is 0 Å². The van der Waals surface area contributed by atoms with Crippen LogP contribution in [0.4, 0.5) is 4.39 Å². The molecule has 2 nitrogen and oxygen atoms in total. The molecule has 0 fully saturated rings. The quantitative estimate of drug-likeness (QED) is 0.738. The van der Waals surface area contributed by atoms with Crippen molar-refractivity contribution in [3.05, 3.63) is 54.1 Å². The molecule has 0 bridgehead atoms. The first-order valence-electron chi connectivity index (χ1n) is 4.66. The number of aromatic hydroxyl groups is 1. The second kappa shape index (κ2) is 3.51. The van der Waals surface area contributed by atoms with Gasteiger partial charge in [-0.25, -0.2) is 4.39 Å². The minimum atomic E-state index is -2.04. The number of allylic oxidation sites excluding steroid dienone is 2. The summed E-state index contributed by atoms with van der Waals surface area (Å²) in [5.41, 5.74) is -1.96. The van der Waals surface area contributed by atoms with Gasteiger partial charge in [0.15, 0.2) is 5.67 Å². The monoisotopic (exact) mass is 206 g/mol. The van der Waals surface area contributed by atoms with E-state index >= 15 is 0 Å². The fraction of sp³-hybridized carbons (Fsp3) is 0.167. The highest BCUT2D eigenvalue weighted by Gasteiger charge is 2.39. The third-order valence-electron chi connectivity index (χ3n) is 2.49. The predicted molar refractivity (Wildman–Crippen MR) is 55.2 cm³/mol. The van der Waals surface area contributed by atoms with Crippen molar-refractivity contribution in [2.75, 3.05) is 0 Å². The SMILES string of the molecule is Oc1ccccc1C1(F)C=CC=CC1O. The Balaban J connectivity index is 2.50. The number of benzene rings is 1. The molecule has 0 saturated carbocycles. The van der Waals surface area contributed by atoms with Gasteiger partial charge < -0.3 is 10.2 Å². The summed E-state index contributed by atoms with van der Waals surface area (Å²) in [5.74, 6) is -0.154. The van der Waals surface area contributed by atoms with Crippen LogP contribution in [0.1, 0.15) is 5.56 Å². The highest BCUT2D eigenvalue weighted by Crippen LogP contribution is 2.38. The lowest BCUT2D eigenvalue weighted by molar-refractivity contribution is 0.0532. The maximum absolute atomic E-state index is 14.4. The molecular formula is C12H11FO2. The molecule has 3 heteroatoms. The van der Waals surface area contributed by atoms with Gasteiger partial charge in [0.1, 0.15) is 11.9 Å². The molecule has 2 unspecified atom stereocenters. The average molecular weight is 206 g/mol. The molecular weight excluding hydrogens is 195 g/mol. The molecule has 0 spiro atoms. The third kappa shape index (κ3) is 1.55. The van der Waals surface area contributed by atoms with E-state index in [1.165, 1.54) is 30.4 Å². The molecule has 1 aromatic carbocycles. The van der Waals surface area contributed by atoms with E-state index in [1.807, 2.05) is 0 Å². The summed E-state index contributed by atoms with van der Waals surface area (Å²) >= 11 is 0. The molecule has 2 atom stereocenters. The van der Waals surface area contributed by atoms with E-state index in [0.29, 0.717) is 0 Å². The zero-order valence-electron chi connectivity index (χ0n) is 7.97. The summed E-state index contributed by atoms with van der Waals surface area (Å²) in [6.45, 7) is 0. The Morgan fingerprint density at radius 2 is 1.93 bits per heavy atom. The van der Waals surface area contributed by atoms with E-state index in [2.05, 4.69) is 0 Å². The number of hydrogen-bond donors (Lipinski definition) is 2. The van der Waals surface area contributed by atoms with E-state index < -0.39 is 11.8 Å². The van der Waals surface area contributed by atoms with Crippen LogP contribution in [0.3, 0.4) is 0 Å². The molecule has 0 aliphatic heterocycles. The zero-order chi connectivity index (χ0) is 10.9. The maximum atomic E-state index is 14.4. The summed E-state index contributed by atoms with van der Waals surface area (Å²) in [4.78, 5) is 0.